The van der Waals surface area contributed by atoms with Gasteiger partial charge in [-0.3, -0.25) is 4.79 Å². The van der Waals surface area contributed by atoms with Gasteiger partial charge in [-0.05, 0) is 44.5 Å². The van der Waals surface area contributed by atoms with Crippen molar-refractivity contribution in [2.45, 2.75) is 30.8 Å². The van der Waals surface area contributed by atoms with Gasteiger partial charge in [-0.25, -0.2) is 13.1 Å². The summed E-state index contributed by atoms with van der Waals surface area (Å²) in [5, 5.41) is 5.74. The highest BCUT2D eigenvalue weighted by molar-refractivity contribution is 7.89. The number of sulfonamides is 1. The predicted molar refractivity (Wildman–Crippen MR) is 95.1 cm³/mol. The van der Waals surface area contributed by atoms with Gasteiger partial charge in [-0.15, -0.1) is 12.4 Å². The minimum atomic E-state index is -3.55. The summed E-state index contributed by atoms with van der Waals surface area (Å²) in [7, 11) is -2.19. The Bertz CT molecular complexity index is 661. The first-order chi connectivity index (χ1) is 10.9. The number of aryl methyl sites for hydroxylation is 1. The van der Waals surface area contributed by atoms with Crippen molar-refractivity contribution in [3.8, 4) is 0 Å². The van der Waals surface area contributed by atoms with E-state index >= 15 is 0 Å². The third-order valence-electron chi connectivity index (χ3n) is 3.71. The van der Waals surface area contributed by atoms with Crippen molar-refractivity contribution in [1.29, 1.82) is 0 Å². The summed E-state index contributed by atoms with van der Waals surface area (Å²) in [6, 6.07) is 4.81. The maximum atomic E-state index is 11.9. The van der Waals surface area contributed by atoms with E-state index in [9.17, 15) is 13.2 Å². The average Bonchev–Trinajstić information content (AvgIpc) is 3.02. The van der Waals surface area contributed by atoms with Crippen molar-refractivity contribution in [2.75, 3.05) is 32.1 Å². The molecular weight excluding hydrogens is 354 g/mol. The maximum Gasteiger partial charge on any atom is 0.240 e. The fourth-order valence-corrected chi connectivity index (χ4v) is 3.43. The Morgan fingerprint density at radius 3 is 2.75 bits per heavy atom. The molecule has 1 aromatic rings. The van der Waals surface area contributed by atoms with Crippen LogP contribution in [0.1, 0.15) is 18.4 Å². The molecular formula is C15H24ClN3O4S. The van der Waals surface area contributed by atoms with Gasteiger partial charge in [0.25, 0.3) is 0 Å². The molecule has 1 heterocycles. The van der Waals surface area contributed by atoms with Crippen molar-refractivity contribution >= 4 is 34.0 Å². The molecule has 9 heteroatoms. The number of carbonyl (C=O) groups is 1. The molecule has 1 fully saturated rings. The summed E-state index contributed by atoms with van der Waals surface area (Å²) in [5.41, 5.74) is 1.07. The van der Waals surface area contributed by atoms with E-state index in [1.165, 1.54) is 13.1 Å². The van der Waals surface area contributed by atoms with E-state index in [1.807, 2.05) is 0 Å². The Kier molecular flexibility index (Phi) is 8.11. The molecule has 7 nitrogen and oxygen atoms in total. The topological polar surface area (TPSA) is 96.5 Å². The van der Waals surface area contributed by atoms with E-state index in [0.29, 0.717) is 17.8 Å². The summed E-state index contributed by atoms with van der Waals surface area (Å²) in [6.45, 7) is 3.28. The van der Waals surface area contributed by atoms with E-state index in [1.54, 1.807) is 19.1 Å². The van der Waals surface area contributed by atoms with Crippen LogP contribution in [0.4, 0.5) is 5.69 Å². The van der Waals surface area contributed by atoms with Gasteiger partial charge in [0.05, 0.1) is 17.5 Å². The lowest BCUT2D eigenvalue weighted by Crippen LogP contribution is -2.33. The molecule has 0 aliphatic carbocycles. The van der Waals surface area contributed by atoms with Crippen molar-refractivity contribution < 1.29 is 17.9 Å². The van der Waals surface area contributed by atoms with Crippen LogP contribution in [-0.4, -0.2) is 47.2 Å². The van der Waals surface area contributed by atoms with Gasteiger partial charge >= 0.3 is 0 Å². The van der Waals surface area contributed by atoms with Crippen LogP contribution in [0.2, 0.25) is 0 Å². The van der Waals surface area contributed by atoms with Crippen molar-refractivity contribution in [1.82, 2.24) is 10.0 Å². The molecule has 1 atom stereocenters. The Morgan fingerprint density at radius 2 is 2.12 bits per heavy atom. The van der Waals surface area contributed by atoms with Crippen molar-refractivity contribution in [3.05, 3.63) is 23.8 Å². The van der Waals surface area contributed by atoms with Gasteiger partial charge < -0.3 is 15.4 Å². The smallest absolute Gasteiger partial charge is 0.240 e. The largest absolute Gasteiger partial charge is 0.377 e. The highest BCUT2D eigenvalue weighted by atomic mass is 35.5. The lowest BCUT2D eigenvalue weighted by atomic mass is 10.2. The van der Waals surface area contributed by atoms with Gasteiger partial charge in [0, 0.05) is 18.8 Å². The average molecular weight is 378 g/mol. The number of amides is 1. The third kappa shape index (κ3) is 5.71. The van der Waals surface area contributed by atoms with Gasteiger partial charge in [-0.2, -0.15) is 0 Å². The molecule has 1 saturated heterocycles. The number of hydrogen-bond acceptors (Lipinski definition) is 5. The van der Waals surface area contributed by atoms with Gasteiger partial charge in [0.2, 0.25) is 15.9 Å². The van der Waals surface area contributed by atoms with E-state index in [2.05, 4.69) is 15.4 Å². The minimum absolute atomic E-state index is 0. The summed E-state index contributed by atoms with van der Waals surface area (Å²) < 4.78 is 31.6. The normalized spacial score (nSPS) is 17.3. The molecule has 136 valence electrons. The fourth-order valence-electron chi connectivity index (χ4n) is 2.43. The first-order valence-electron chi connectivity index (χ1n) is 7.59. The molecule has 0 bridgehead atoms. The molecule has 0 spiro atoms. The Balaban J connectivity index is 0.00000288. The number of benzene rings is 1. The molecule has 1 aliphatic heterocycles. The van der Waals surface area contributed by atoms with Crippen LogP contribution in [0.15, 0.2) is 23.1 Å². The van der Waals surface area contributed by atoms with Crippen molar-refractivity contribution in [3.63, 3.8) is 0 Å². The lowest BCUT2D eigenvalue weighted by Gasteiger charge is -2.12. The molecule has 1 unspecified atom stereocenters. The zero-order valence-corrected chi connectivity index (χ0v) is 15.4. The summed E-state index contributed by atoms with van der Waals surface area (Å²) >= 11 is 0. The number of rotatable bonds is 7. The van der Waals surface area contributed by atoms with Crippen LogP contribution >= 0.6 is 12.4 Å². The Hall–Kier alpha value is -1.19. The SMILES string of the molecule is CNS(=O)(=O)c1cc(NC(=O)CNCC2CCCO2)ccc1C.Cl. The molecule has 24 heavy (non-hydrogen) atoms. The third-order valence-corrected chi connectivity index (χ3v) is 5.27. The predicted octanol–water partition coefficient (Wildman–Crippen LogP) is 1.03. The molecule has 1 aliphatic rings. The number of nitrogens with one attached hydrogen (secondary N) is 3. The van der Waals surface area contributed by atoms with E-state index < -0.39 is 10.0 Å². The zero-order valence-electron chi connectivity index (χ0n) is 13.8. The minimum Gasteiger partial charge on any atom is -0.377 e. The van der Waals surface area contributed by atoms with E-state index in [0.717, 1.165) is 19.4 Å². The molecule has 0 saturated carbocycles. The standard InChI is InChI=1S/C15H23N3O4S.ClH/c1-11-5-6-12(8-14(11)23(20,21)16-2)18-15(19)10-17-9-13-4-3-7-22-13;/h5-6,8,13,16-17H,3-4,7,9-10H2,1-2H3,(H,18,19);1H. The molecule has 2 rings (SSSR count). The number of halogens is 1. The highest BCUT2D eigenvalue weighted by Crippen LogP contribution is 2.19. The van der Waals surface area contributed by atoms with E-state index in [-0.39, 0.29) is 35.9 Å². The molecule has 0 aromatic heterocycles. The zero-order chi connectivity index (χ0) is 16.9. The van der Waals surface area contributed by atoms with Crippen LogP contribution in [0.3, 0.4) is 0 Å². The first kappa shape index (κ1) is 20.9. The van der Waals surface area contributed by atoms with Crippen LogP contribution in [0, 0.1) is 6.92 Å². The van der Waals surface area contributed by atoms with Gasteiger partial charge in [0.1, 0.15) is 0 Å². The molecule has 1 amide bonds. The monoisotopic (exact) mass is 377 g/mol. The second-order valence-electron chi connectivity index (χ2n) is 5.50. The summed E-state index contributed by atoms with van der Waals surface area (Å²) in [5.74, 6) is -0.223. The number of ether oxygens (including phenoxy) is 1. The van der Waals surface area contributed by atoms with Crippen LogP contribution in [0.5, 0.6) is 0 Å². The Labute approximate surface area is 149 Å². The van der Waals surface area contributed by atoms with Crippen LogP contribution in [0.25, 0.3) is 0 Å². The maximum absolute atomic E-state index is 11.9. The molecule has 1 aromatic carbocycles. The molecule has 0 radical (unpaired) electrons. The highest BCUT2D eigenvalue weighted by Gasteiger charge is 2.17. The summed E-state index contributed by atoms with van der Waals surface area (Å²) in [6.07, 6.45) is 2.25. The second kappa shape index (κ2) is 9.33. The number of carbonyl (C=O) groups excluding carboxylic acids is 1. The van der Waals surface area contributed by atoms with Crippen molar-refractivity contribution in [2.24, 2.45) is 0 Å². The number of hydrogen-bond donors (Lipinski definition) is 3. The van der Waals surface area contributed by atoms with Crippen LogP contribution < -0.4 is 15.4 Å². The van der Waals surface area contributed by atoms with Gasteiger partial charge in [-0.1, -0.05) is 6.07 Å². The lowest BCUT2D eigenvalue weighted by molar-refractivity contribution is -0.115. The number of anilines is 1. The van der Waals surface area contributed by atoms with Gasteiger partial charge in [0.15, 0.2) is 0 Å². The summed E-state index contributed by atoms with van der Waals surface area (Å²) in [4.78, 5) is 12.1. The quantitative estimate of drug-likeness (QED) is 0.659. The first-order valence-corrected chi connectivity index (χ1v) is 9.07. The molecule has 3 N–H and O–H groups in total. The Morgan fingerprint density at radius 1 is 1.38 bits per heavy atom. The van der Waals surface area contributed by atoms with E-state index in [4.69, 9.17) is 4.74 Å². The fraction of sp³-hybridized carbons (Fsp3) is 0.533. The second-order valence-corrected chi connectivity index (χ2v) is 7.36. The van der Waals surface area contributed by atoms with Crippen LogP contribution in [-0.2, 0) is 19.6 Å².